The van der Waals surface area contributed by atoms with E-state index in [-0.39, 0.29) is 5.76 Å². The van der Waals surface area contributed by atoms with Gasteiger partial charge in [-0.3, -0.25) is 0 Å². The zero-order valence-electron chi connectivity index (χ0n) is 15.7. The van der Waals surface area contributed by atoms with E-state index in [1.54, 1.807) is 20.1 Å². The van der Waals surface area contributed by atoms with Crippen LogP contribution in [0.2, 0.25) is 0 Å². The maximum atomic E-state index is 11.8. The van der Waals surface area contributed by atoms with E-state index in [1.807, 2.05) is 18.2 Å². The van der Waals surface area contributed by atoms with Gasteiger partial charge in [-0.15, -0.1) is 0 Å². The lowest BCUT2D eigenvalue weighted by atomic mass is 10.1. The van der Waals surface area contributed by atoms with Crippen LogP contribution in [0.1, 0.15) is 55.1 Å². The number of furan rings is 1. The summed E-state index contributed by atoms with van der Waals surface area (Å²) in [6.45, 7) is 7.07. The Morgan fingerprint density at radius 1 is 1.19 bits per heavy atom. The number of methoxy groups -OCH3 is 1. The second kappa shape index (κ2) is 7.68. The quantitative estimate of drug-likeness (QED) is 0.561. The highest BCUT2D eigenvalue weighted by atomic mass is 16.5. The van der Waals surface area contributed by atoms with Gasteiger partial charge in [-0.25, -0.2) is 4.79 Å². The number of carbonyl (C=O) groups is 1. The molecular weight excluding hydrogens is 330 g/mol. The van der Waals surface area contributed by atoms with E-state index in [1.165, 1.54) is 5.69 Å². The van der Waals surface area contributed by atoms with Gasteiger partial charge in [0, 0.05) is 16.6 Å². The van der Waals surface area contributed by atoms with Crippen LogP contribution in [0, 0.1) is 0 Å². The van der Waals surface area contributed by atoms with Crippen LogP contribution in [0.15, 0.2) is 40.8 Å². The van der Waals surface area contributed by atoms with Gasteiger partial charge in [-0.05, 0) is 55.7 Å². The van der Waals surface area contributed by atoms with Gasteiger partial charge in [0.15, 0.2) is 0 Å². The van der Waals surface area contributed by atoms with E-state index in [0.717, 1.165) is 28.8 Å². The minimum Gasteiger partial charge on any atom is -0.497 e. The average Bonchev–Trinajstić information content (AvgIpc) is 3.26. The minimum absolute atomic E-state index is 0.241. The first-order valence-corrected chi connectivity index (χ1v) is 9.00. The van der Waals surface area contributed by atoms with Crippen LogP contribution < -0.4 is 4.74 Å². The smallest absolute Gasteiger partial charge is 0.374 e. The largest absolute Gasteiger partial charge is 0.497 e. The second-order valence-electron chi connectivity index (χ2n) is 6.38. The first kappa shape index (κ1) is 18.1. The molecule has 2 heterocycles. The number of hydrogen-bond acceptors (Lipinski definition) is 4. The second-order valence-corrected chi connectivity index (χ2v) is 6.38. The molecule has 0 spiro atoms. The molecule has 1 atom stereocenters. The highest BCUT2D eigenvalue weighted by molar-refractivity contribution is 5.86. The van der Waals surface area contributed by atoms with Crippen molar-refractivity contribution < 1.29 is 18.7 Å². The molecule has 0 saturated carbocycles. The Morgan fingerprint density at radius 2 is 2.00 bits per heavy atom. The highest BCUT2D eigenvalue weighted by Gasteiger charge is 2.17. The van der Waals surface area contributed by atoms with E-state index < -0.39 is 5.97 Å². The average molecular weight is 355 g/mol. The molecule has 0 aliphatic heterocycles. The van der Waals surface area contributed by atoms with Crippen molar-refractivity contribution in [2.24, 2.45) is 0 Å². The summed E-state index contributed by atoms with van der Waals surface area (Å²) in [5.41, 5.74) is 2.36. The van der Waals surface area contributed by atoms with Crippen LogP contribution in [0.4, 0.5) is 0 Å². The molecule has 0 radical (unpaired) electrons. The molecule has 138 valence electrons. The van der Waals surface area contributed by atoms with Gasteiger partial charge >= 0.3 is 5.97 Å². The third-order valence-corrected chi connectivity index (χ3v) is 4.71. The Bertz CT molecular complexity index is 906. The number of aromatic nitrogens is 1. The van der Waals surface area contributed by atoms with E-state index in [9.17, 15) is 4.79 Å². The first-order chi connectivity index (χ1) is 12.6. The molecule has 3 rings (SSSR count). The topological polar surface area (TPSA) is 53.6 Å². The van der Waals surface area contributed by atoms with Crippen molar-refractivity contribution >= 4 is 16.9 Å². The molecule has 0 N–H and O–H groups in total. The molecule has 0 amide bonds. The molecule has 0 fully saturated rings. The number of fused-ring (bicyclic) bond motifs is 1. The molecule has 5 heteroatoms. The normalized spacial score (nSPS) is 12.3. The fraction of sp³-hybridized carbons (Fsp3) is 0.381. The predicted octanol–water partition coefficient (Wildman–Crippen LogP) is 4.98. The number of hydrogen-bond donors (Lipinski definition) is 0. The van der Waals surface area contributed by atoms with Gasteiger partial charge in [0.25, 0.3) is 0 Å². The standard InChI is InChI=1S/C21H25NO4/c1-5-14(3)19-12-15-11-16(24-4)7-9-18(15)22(19)13-17-8-10-20(26-17)21(23)25-6-2/h7-12,14H,5-6,13H2,1-4H3. The Morgan fingerprint density at radius 3 is 2.69 bits per heavy atom. The predicted molar refractivity (Wildman–Crippen MR) is 101 cm³/mol. The van der Waals surface area contributed by atoms with Crippen molar-refractivity contribution in [1.82, 2.24) is 4.57 Å². The van der Waals surface area contributed by atoms with Gasteiger partial charge in [0.05, 0.1) is 20.3 Å². The first-order valence-electron chi connectivity index (χ1n) is 9.00. The van der Waals surface area contributed by atoms with Crippen molar-refractivity contribution in [3.05, 3.63) is 53.6 Å². The van der Waals surface area contributed by atoms with Crippen LogP contribution >= 0.6 is 0 Å². The summed E-state index contributed by atoms with van der Waals surface area (Å²) < 4.78 is 18.3. The van der Waals surface area contributed by atoms with Gasteiger partial charge in [-0.2, -0.15) is 0 Å². The Kier molecular flexibility index (Phi) is 5.35. The van der Waals surface area contributed by atoms with Crippen LogP contribution in [-0.2, 0) is 11.3 Å². The lowest BCUT2D eigenvalue weighted by Crippen LogP contribution is -2.06. The summed E-state index contributed by atoms with van der Waals surface area (Å²) in [5, 5.41) is 1.14. The molecule has 26 heavy (non-hydrogen) atoms. The molecule has 0 saturated heterocycles. The summed E-state index contributed by atoms with van der Waals surface area (Å²) in [6, 6.07) is 11.8. The van der Waals surface area contributed by atoms with Crippen LogP contribution in [0.5, 0.6) is 5.75 Å². The molecule has 0 aliphatic rings. The van der Waals surface area contributed by atoms with Crippen LogP contribution in [-0.4, -0.2) is 24.3 Å². The molecule has 5 nitrogen and oxygen atoms in total. The van der Waals surface area contributed by atoms with E-state index in [2.05, 4.69) is 30.5 Å². The fourth-order valence-electron chi connectivity index (χ4n) is 3.12. The van der Waals surface area contributed by atoms with Gasteiger partial charge in [0.1, 0.15) is 11.5 Å². The maximum absolute atomic E-state index is 11.8. The number of carbonyl (C=O) groups excluding carboxylic acids is 1. The molecule has 1 aromatic carbocycles. The Balaban J connectivity index is 1.99. The third kappa shape index (κ3) is 3.47. The van der Waals surface area contributed by atoms with Crippen molar-refractivity contribution in [2.75, 3.05) is 13.7 Å². The zero-order valence-corrected chi connectivity index (χ0v) is 15.7. The molecule has 0 aliphatic carbocycles. The van der Waals surface area contributed by atoms with Gasteiger partial charge < -0.3 is 18.5 Å². The summed E-state index contributed by atoms with van der Waals surface area (Å²) in [6.07, 6.45) is 1.04. The third-order valence-electron chi connectivity index (χ3n) is 4.71. The van der Waals surface area contributed by atoms with Crippen molar-refractivity contribution in [2.45, 2.75) is 39.7 Å². The monoisotopic (exact) mass is 355 g/mol. The SMILES string of the molecule is CCOC(=O)c1ccc(Cn2c(C(C)CC)cc3cc(OC)ccc32)o1. The van der Waals surface area contributed by atoms with E-state index in [0.29, 0.717) is 19.1 Å². The highest BCUT2D eigenvalue weighted by Crippen LogP contribution is 2.30. The minimum atomic E-state index is -0.428. The van der Waals surface area contributed by atoms with Crippen molar-refractivity contribution in [3.8, 4) is 5.75 Å². The zero-order chi connectivity index (χ0) is 18.7. The number of rotatable bonds is 7. The van der Waals surface area contributed by atoms with Crippen molar-refractivity contribution in [1.29, 1.82) is 0 Å². The maximum Gasteiger partial charge on any atom is 0.374 e. The molecule has 1 unspecified atom stereocenters. The van der Waals surface area contributed by atoms with Crippen molar-refractivity contribution in [3.63, 3.8) is 0 Å². The number of ether oxygens (including phenoxy) is 2. The number of nitrogens with zero attached hydrogens (tertiary/aromatic N) is 1. The summed E-state index contributed by atoms with van der Waals surface area (Å²) in [7, 11) is 1.67. The van der Waals surface area contributed by atoms with E-state index in [4.69, 9.17) is 13.9 Å². The lowest BCUT2D eigenvalue weighted by Gasteiger charge is -2.14. The molecule has 2 aromatic heterocycles. The Hall–Kier alpha value is -2.69. The summed E-state index contributed by atoms with van der Waals surface area (Å²) in [5.74, 6) is 1.79. The summed E-state index contributed by atoms with van der Waals surface area (Å²) in [4.78, 5) is 11.8. The Labute approximate surface area is 153 Å². The molecule has 0 bridgehead atoms. The van der Waals surface area contributed by atoms with E-state index >= 15 is 0 Å². The lowest BCUT2D eigenvalue weighted by molar-refractivity contribution is 0.0488. The van der Waals surface area contributed by atoms with Gasteiger partial charge in [-0.1, -0.05) is 13.8 Å². The molecular formula is C21H25NO4. The summed E-state index contributed by atoms with van der Waals surface area (Å²) >= 11 is 0. The van der Waals surface area contributed by atoms with Gasteiger partial charge in [0.2, 0.25) is 5.76 Å². The molecule has 3 aromatic rings. The number of esters is 1. The van der Waals surface area contributed by atoms with Crippen LogP contribution in [0.25, 0.3) is 10.9 Å². The number of benzene rings is 1. The van der Waals surface area contributed by atoms with Crippen LogP contribution in [0.3, 0.4) is 0 Å². The fourth-order valence-corrected chi connectivity index (χ4v) is 3.12.